The Morgan fingerprint density at radius 3 is 2.32 bits per heavy atom. The van der Waals surface area contributed by atoms with Crippen LogP contribution in [0.1, 0.15) is 0 Å². The van der Waals surface area contributed by atoms with E-state index in [0.717, 1.165) is 27.5 Å². The van der Waals surface area contributed by atoms with Crippen molar-refractivity contribution in [3.05, 3.63) is 83.9 Å². The number of rotatable bonds is 1. The highest BCUT2D eigenvalue weighted by molar-refractivity contribution is 6.30. The minimum atomic E-state index is 0.274. The van der Waals surface area contributed by atoms with Gasteiger partial charge in [-0.1, -0.05) is 41.9 Å². The molecule has 5 rings (SSSR count). The van der Waals surface area contributed by atoms with Crippen molar-refractivity contribution in [3.8, 4) is 11.4 Å². The summed E-state index contributed by atoms with van der Waals surface area (Å²) < 4.78 is 2.22. The SMILES string of the molecule is Oc1ccc2c(c1)c1c3ccccc3ccc1n2-c1ccc(Cl)cc1. The van der Waals surface area contributed by atoms with Gasteiger partial charge in [0, 0.05) is 21.5 Å². The van der Waals surface area contributed by atoms with Crippen molar-refractivity contribution in [3.63, 3.8) is 0 Å². The van der Waals surface area contributed by atoms with E-state index in [1.807, 2.05) is 42.5 Å². The number of fused-ring (bicyclic) bond motifs is 5. The van der Waals surface area contributed by atoms with Crippen LogP contribution < -0.4 is 0 Å². The number of phenolic OH excluding ortho intramolecular Hbond substituents is 1. The molecule has 25 heavy (non-hydrogen) atoms. The number of aromatic nitrogens is 1. The summed E-state index contributed by atoms with van der Waals surface area (Å²) in [5.41, 5.74) is 3.22. The second kappa shape index (κ2) is 5.27. The lowest BCUT2D eigenvalue weighted by atomic mass is 10.0. The van der Waals surface area contributed by atoms with Crippen LogP contribution in [0, 0.1) is 0 Å². The molecule has 0 amide bonds. The van der Waals surface area contributed by atoms with Gasteiger partial charge in [-0.2, -0.15) is 0 Å². The van der Waals surface area contributed by atoms with E-state index in [1.165, 1.54) is 10.8 Å². The summed E-state index contributed by atoms with van der Waals surface area (Å²) in [5.74, 6) is 0.274. The van der Waals surface area contributed by atoms with E-state index in [1.54, 1.807) is 6.07 Å². The van der Waals surface area contributed by atoms with Gasteiger partial charge in [0.25, 0.3) is 0 Å². The van der Waals surface area contributed by atoms with Crippen LogP contribution in [0.2, 0.25) is 5.02 Å². The molecule has 0 saturated carbocycles. The molecule has 4 aromatic carbocycles. The third-order valence-corrected chi connectivity index (χ3v) is 4.98. The van der Waals surface area contributed by atoms with Gasteiger partial charge in [0.1, 0.15) is 5.75 Å². The lowest BCUT2D eigenvalue weighted by molar-refractivity contribution is 0.476. The molecule has 5 aromatic rings. The Hall–Kier alpha value is -2.97. The Bertz CT molecular complexity index is 1250. The quantitative estimate of drug-likeness (QED) is 0.380. The van der Waals surface area contributed by atoms with Crippen LogP contribution in [-0.4, -0.2) is 9.67 Å². The molecule has 1 aromatic heterocycles. The smallest absolute Gasteiger partial charge is 0.116 e. The second-order valence-electron chi connectivity index (χ2n) is 6.19. The zero-order valence-corrected chi connectivity index (χ0v) is 14.0. The van der Waals surface area contributed by atoms with Crippen LogP contribution in [0.5, 0.6) is 5.75 Å². The van der Waals surface area contributed by atoms with Crippen molar-refractivity contribution in [1.29, 1.82) is 0 Å². The zero-order valence-electron chi connectivity index (χ0n) is 13.3. The van der Waals surface area contributed by atoms with Gasteiger partial charge >= 0.3 is 0 Å². The first-order chi connectivity index (χ1) is 12.2. The van der Waals surface area contributed by atoms with Crippen LogP contribution in [0.4, 0.5) is 0 Å². The maximum absolute atomic E-state index is 10.1. The number of hydrogen-bond donors (Lipinski definition) is 1. The molecule has 0 fully saturated rings. The Balaban J connectivity index is 2.03. The molecule has 0 aliphatic heterocycles. The highest BCUT2D eigenvalue weighted by Gasteiger charge is 2.15. The average molecular weight is 344 g/mol. The standard InChI is InChI=1S/C22H14ClNO/c23-15-6-8-16(9-7-15)24-20-12-10-17(25)13-19(20)22-18-4-2-1-3-14(18)5-11-21(22)24/h1-13,25H. The fourth-order valence-corrected chi connectivity index (χ4v) is 3.77. The Kier molecular flexibility index (Phi) is 3.03. The van der Waals surface area contributed by atoms with Gasteiger partial charge in [0.15, 0.2) is 0 Å². The Morgan fingerprint density at radius 1 is 0.720 bits per heavy atom. The monoisotopic (exact) mass is 343 g/mol. The Morgan fingerprint density at radius 2 is 1.48 bits per heavy atom. The normalized spacial score (nSPS) is 11.6. The van der Waals surface area contributed by atoms with Gasteiger partial charge in [-0.25, -0.2) is 0 Å². The van der Waals surface area contributed by atoms with E-state index in [0.29, 0.717) is 5.02 Å². The summed E-state index contributed by atoms with van der Waals surface area (Å²) in [6.45, 7) is 0. The number of halogens is 1. The molecular weight excluding hydrogens is 330 g/mol. The molecule has 0 saturated heterocycles. The van der Waals surface area contributed by atoms with Crippen LogP contribution in [-0.2, 0) is 0 Å². The third-order valence-electron chi connectivity index (χ3n) is 4.72. The predicted octanol–water partition coefficient (Wildman–Crippen LogP) is 6.30. The van der Waals surface area contributed by atoms with Gasteiger partial charge in [-0.3, -0.25) is 0 Å². The fourth-order valence-electron chi connectivity index (χ4n) is 3.65. The van der Waals surface area contributed by atoms with Crippen molar-refractivity contribution in [2.75, 3.05) is 0 Å². The Labute approximate surface area is 149 Å². The number of phenols is 1. The molecular formula is C22H14ClNO. The predicted molar refractivity (Wildman–Crippen MR) is 105 cm³/mol. The largest absolute Gasteiger partial charge is 0.508 e. The summed E-state index contributed by atoms with van der Waals surface area (Å²) in [7, 11) is 0. The van der Waals surface area contributed by atoms with Crippen molar-refractivity contribution < 1.29 is 5.11 Å². The second-order valence-corrected chi connectivity index (χ2v) is 6.63. The lowest BCUT2D eigenvalue weighted by Gasteiger charge is -2.08. The summed E-state index contributed by atoms with van der Waals surface area (Å²) in [4.78, 5) is 0. The van der Waals surface area contributed by atoms with E-state index in [4.69, 9.17) is 11.6 Å². The topological polar surface area (TPSA) is 25.2 Å². The van der Waals surface area contributed by atoms with Gasteiger partial charge < -0.3 is 9.67 Å². The first kappa shape index (κ1) is 14.4. The van der Waals surface area contributed by atoms with Gasteiger partial charge in [-0.05, 0) is 59.3 Å². The summed E-state index contributed by atoms with van der Waals surface area (Å²) >= 11 is 6.07. The van der Waals surface area contributed by atoms with Crippen LogP contribution in [0.25, 0.3) is 38.3 Å². The van der Waals surface area contributed by atoms with Crippen molar-refractivity contribution in [2.24, 2.45) is 0 Å². The van der Waals surface area contributed by atoms with E-state index in [2.05, 4.69) is 34.9 Å². The first-order valence-corrected chi connectivity index (χ1v) is 8.51. The molecule has 0 aliphatic rings. The number of hydrogen-bond acceptors (Lipinski definition) is 1. The molecule has 0 unspecified atom stereocenters. The molecule has 2 nitrogen and oxygen atoms in total. The molecule has 0 bridgehead atoms. The summed E-state index contributed by atoms with van der Waals surface area (Å²) in [5, 5.41) is 15.3. The van der Waals surface area contributed by atoms with Crippen molar-refractivity contribution in [1.82, 2.24) is 4.57 Å². The van der Waals surface area contributed by atoms with Crippen LogP contribution in [0.15, 0.2) is 78.9 Å². The maximum Gasteiger partial charge on any atom is 0.116 e. The van der Waals surface area contributed by atoms with Gasteiger partial charge in [-0.15, -0.1) is 0 Å². The van der Waals surface area contributed by atoms with Crippen molar-refractivity contribution >= 4 is 44.2 Å². The van der Waals surface area contributed by atoms with Crippen LogP contribution in [0.3, 0.4) is 0 Å². The molecule has 3 heteroatoms. The third kappa shape index (κ3) is 2.11. The number of aromatic hydroxyl groups is 1. The van der Waals surface area contributed by atoms with Gasteiger partial charge in [0.05, 0.1) is 11.0 Å². The molecule has 1 heterocycles. The van der Waals surface area contributed by atoms with E-state index in [9.17, 15) is 5.11 Å². The average Bonchev–Trinajstić information content (AvgIpc) is 2.96. The highest BCUT2D eigenvalue weighted by Crippen LogP contribution is 2.38. The molecule has 0 atom stereocenters. The van der Waals surface area contributed by atoms with Crippen molar-refractivity contribution in [2.45, 2.75) is 0 Å². The van der Waals surface area contributed by atoms with E-state index in [-0.39, 0.29) is 5.75 Å². The van der Waals surface area contributed by atoms with E-state index >= 15 is 0 Å². The summed E-state index contributed by atoms with van der Waals surface area (Å²) in [6.07, 6.45) is 0. The molecule has 0 spiro atoms. The summed E-state index contributed by atoms with van der Waals surface area (Å²) in [6, 6.07) is 26.0. The molecule has 0 radical (unpaired) electrons. The number of nitrogens with zero attached hydrogens (tertiary/aromatic N) is 1. The maximum atomic E-state index is 10.1. The van der Waals surface area contributed by atoms with Crippen LogP contribution >= 0.6 is 11.6 Å². The first-order valence-electron chi connectivity index (χ1n) is 8.13. The highest BCUT2D eigenvalue weighted by atomic mass is 35.5. The number of benzene rings is 4. The fraction of sp³-hybridized carbons (Fsp3) is 0. The lowest BCUT2D eigenvalue weighted by Crippen LogP contribution is -1.93. The van der Waals surface area contributed by atoms with Gasteiger partial charge in [0.2, 0.25) is 0 Å². The van der Waals surface area contributed by atoms with E-state index < -0.39 is 0 Å². The molecule has 120 valence electrons. The zero-order chi connectivity index (χ0) is 17.0. The minimum absolute atomic E-state index is 0.274. The minimum Gasteiger partial charge on any atom is -0.508 e. The molecule has 0 aliphatic carbocycles. The molecule has 1 N–H and O–H groups in total.